The minimum absolute atomic E-state index is 0.431. The average molecular weight is 154 g/mol. The van der Waals surface area contributed by atoms with Gasteiger partial charge in [0.2, 0.25) is 0 Å². The van der Waals surface area contributed by atoms with Crippen molar-refractivity contribution in [1.29, 1.82) is 0 Å². The first kappa shape index (κ1) is 8.79. The first-order valence-electron chi connectivity index (χ1n) is 4.46. The van der Waals surface area contributed by atoms with Crippen molar-refractivity contribution in [3.8, 4) is 0 Å². The zero-order valence-corrected chi connectivity index (χ0v) is 7.51. The summed E-state index contributed by atoms with van der Waals surface area (Å²) in [6.45, 7) is 8.04. The second-order valence-electron chi connectivity index (χ2n) is 3.94. The standard InChI is InChI=1S/C10H18O/c1-4-10(11)7-5-6-9(10)8(2)3/h4,8-9,11H,1,5-7H2,2-3H3. The van der Waals surface area contributed by atoms with Gasteiger partial charge in [0.05, 0.1) is 5.60 Å². The molecule has 1 aliphatic carbocycles. The molecule has 1 nitrogen and oxygen atoms in total. The lowest BCUT2D eigenvalue weighted by Gasteiger charge is -2.29. The van der Waals surface area contributed by atoms with Gasteiger partial charge in [-0.25, -0.2) is 0 Å². The van der Waals surface area contributed by atoms with Gasteiger partial charge in [0.25, 0.3) is 0 Å². The largest absolute Gasteiger partial charge is 0.386 e. The topological polar surface area (TPSA) is 20.2 Å². The summed E-state index contributed by atoms with van der Waals surface area (Å²) in [6.07, 6.45) is 4.93. The molecule has 0 heterocycles. The van der Waals surface area contributed by atoms with E-state index in [0.717, 1.165) is 19.3 Å². The zero-order chi connectivity index (χ0) is 8.48. The molecule has 1 saturated carbocycles. The summed E-state index contributed by atoms with van der Waals surface area (Å²) in [5, 5.41) is 10.0. The predicted octanol–water partition coefficient (Wildman–Crippen LogP) is 2.36. The molecule has 0 aromatic rings. The van der Waals surface area contributed by atoms with Gasteiger partial charge in [0.1, 0.15) is 0 Å². The van der Waals surface area contributed by atoms with Crippen LogP contribution in [0.15, 0.2) is 12.7 Å². The quantitative estimate of drug-likeness (QED) is 0.605. The lowest BCUT2D eigenvalue weighted by Crippen LogP contribution is -2.33. The Morgan fingerprint density at radius 3 is 2.64 bits per heavy atom. The first-order chi connectivity index (χ1) is 5.10. The Morgan fingerprint density at radius 1 is 1.64 bits per heavy atom. The number of aliphatic hydroxyl groups is 1. The van der Waals surface area contributed by atoms with Gasteiger partial charge in [-0.2, -0.15) is 0 Å². The summed E-state index contributed by atoms with van der Waals surface area (Å²) in [4.78, 5) is 0. The van der Waals surface area contributed by atoms with Crippen molar-refractivity contribution in [3.05, 3.63) is 12.7 Å². The van der Waals surface area contributed by atoms with Crippen molar-refractivity contribution in [1.82, 2.24) is 0 Å². The minimum Gasteiger partial charge on any atom is -0.386 e. The van der Waals surface area contributed by atoms with E-state index in [-0.39, 0.29) is 0 Å². The van der Waals surface area contributed by atoms with Crippen LogP contribution < -0.4 is 0 Å². The molecule has 2 atom stereocenters. The van der Waals surface area contributed by atoms with Crippen LogP contribution in [0.2, 0.25) is 0 Å². The molecule has 1 rings (SSSR count). The van der Waals surface area contributed by atoms with E-state index in [1.54, 1.807) is 6.08 Å². The predicted molar refractivity (Wildman–Crippen MR) is 47.3 cm³/mol. The summed E-state index contributed by atoms with van der Waals surface area (Å²) in [5.74, 6) is 1.00. The first-order valence-corrected chi connectivity index (χ1v) is 4.46. The molecule has 1 heteroatoms. The van der Waals surface area contributed by atoms with E-state index >= 15 is 0 Å². The Kier molecular flexibility index (Phi) is 2.38. The fraction of sp³-hybridized carbons (Fsp3) is 0.800. The minimum atomic E-state index is -0.561. The Bertz CT molecular complexity index is 151. The molecule has 1 aliphatic rings. The summed E-state index contributed by atoms with van der Waals surface area (Å²) in [7, 11) is 0. The van der Waals surface area contributed by atoms with Crippen molar-refractivity contribution in [2.75, 3.05) is 0 Å². The second kappa shape index (κ2) is 2.98. The van der Waals surface area contributed by atoms with Crippen LogP contribution in [0.1, 0.15) is 33.1 Å². The van der Waals surface area contributed by atoms with Crippen molar-refractivity contribution in [3.63, 3.8) is 0 Å². The maximum atomic E-state index is 10.0. The third-order valence-corrected chi connectivity index (χ3v) is 2.89. The molecular weight excluding hydrogens is 136 g/mol. The van der Waals surface area contributed by atoms with Crippen LogP contribution in [0.5, 0.6) is 0 Å². The fourth-order valence-electron chi connectivity index (χ4n) is 2.20. The van der Waals surface area contributed by atoms with E-state index in [4.69, 9.17) is 0 Å². The highest BCUT2D eigenvalue weighted by atomic mass is 16.3. The maximum absolute atomic E-state index is 10.0. The molecule has 1 N–H and O–H groups in total. The molecule has 64 valence electrons. The third-order valence-electron chi connectivity index (χ3n) is 2.89. The highest BCUT2D eigenvalue weighted by Gasteiger charge is 2.39. The van der Waals surface area contributed by atoms with Crippen LogP contribution in [0, 0.1) is 11.8 Å². The van der Waals surface area contributed by atoms with E-state index in [1.807, 2.05) is 0 Å². The van der Waals surface area contributed by atoms with Gasteiger partial charge in [0.15, 0.2) is 0 Å². The molecule has 0 spiro atoms. The van der Waals surface area contributed by atoms with Crippen molar-refractivity contribution >= 4 is 0 Å². The van der Waals surface area contributed by atoms with E-state index in [9.17, 15) is 5.11 Å². The van der Waals surface area contributed by atoms with E-state index in [1.165, 1.54) is 0 Å². The molecule has 0 bridgehead atoms. The molecule has 0 aromatic heterocycles. The molecular formula is C10H18O. The SMILES string of the molecule is C=CC1(O)CCCC1C(C)C. The van der Waals surface area contributed by atoms with Crippen molar-refractivity contribution in [2.24, 2.45) is 11.8 Å². The molecule has 0 amide bonds. The highest BCUT2D eigenvalue weighted by molar-refractivity contribution is 5.04. The average Bonchev–Trinajstić information content (AvgIpc) is 2.32. The van der Waals surface area contributed by atoms with Crippen LogP contribution in [0.25, 0.3) is 0 Å². The van der Waals surface area contributed by atoms with Crippen LogP contribution in [0.4, 0.5) is 0 Å². The number of hydrogen-bond acceptors (Lipinski definition) is 1. The summed E-state index contributed by atoms with van der Waals surface area (Å²) in [5.41, 5.74) is -0.561. The van der Waals surface area contributed by atoms with Crippen LogP contribution in [0.3, 0.4) is 0 Å². The normalized spacial score (nSPS) is 38.0. The lowest BCUT2D eigenvalue weighted by molar-refractivity contribution is 0.0314. The molecule has 0 aromatic carbocycles. The fourth-order valence-corrected chi connectivity index (χ4v) is 2.20. The summed E-state index contributed by atoms with van der Waals surface area (Å²) < 4.78 is 0. The molecule has 2 unspecified atom stereocenters. The van der Waals surface area contributed by atoms with Gasteiger partial charge in [-0.15, -0.1) is 6.58 Å². The summed E-state index contributed by atoms with van der Waals surface area (Å²) in [6, 6.07) is 0. The summed E-state index contributed by atoms with van der Waals surface area (Å²) >= 11 is 0. The van der Waals surface area contributed by atoms with E-state index in [0.29, 0.717) is 11.8 Å². The van der Waals surface area contributed by atoms with Crippen LogP contribution >= 0.6 is 0 Å². The molecule has 0 radical (unpaired) electrons. The van der Waals surface area contributed by atoms with Gasteiger partial charge in [-0.1, -0.05) is 19.9 Å². The van der Waals surface area contributed by atoms with Crippen molar-refractivity contribution < 1.29 is 5.11 Å². The molecule has 1 fully saturated rings. The Balaban J connectivity index is 2.72. The van der Waals surface area contributed by atoms with Gasteiger partial charge >= 0.3 is 0 Å². The van der Waals surface area contributed by atoms with E-state index < -0.39 is 5.60 Å². The third kappa shape index (κ3) is 1.48. The molecule has 0 saturated heterocycles. The smallest absolute Gasteiger partial charge is 0.0855 e. The Labute approximate surface area is 69.1 Å². The van der Waals surface area contributed by atoms with Crippen molar-refractivity contribution in [2.45, 2.75) is 38.7 Å². The van der Waals surface area contributed by atoms with Gasteiger partial charge in [0, 0.05) is 0 Å². The lowest BCUT2D eigenvalue weighted by atomic mass is 9.82. The van der Waals surface area contributed by atoms with Gasteiger partial charge < -0.3 is 5.11 Å². The Hall–Kier alpha value is -0.300. The monoisotopic (exact) mass is 154 g/mol. The Morgan fingerprint density at radius 2 is 2.27 bits per heavy atom. The second-order valence-corrected chi connectivity index (χ2v) is 3.94. The maximum Gasteiger partial charge on any atom is 0.0855 e. The highest BCUT2D eigenvalue weighted by Crippen LogP contribution is 2.40. The number of hydrogen-bond donors (Lipinski definition) is 1. The van der Waals surface area contributed by atoms with Crippen LogP contribution in [-0.4, -0.2) is 10.7 Å². The molecule has 11 heavy (non-hydrogen) atoms. The van der Waals surface area contributed by atoms with Gasteiger partial charge in [-0.3, -0.25) is 0 Å². The molecule has 0 aliphatic heterocycles. The van der Waals surface area contributed by atoms with E-state index in [2.05, 4.69) is 20.4 Å². The van der Waals surface area contributed by atoms with Gasteiger partial charge in [-0.05, 0) is 31.1 Å². The zero-order valence-electron chi connectivity index (χ0n) is 7.51. The number of rotatable bonds is 2. The van der Waals surface area contributed by atoms with Crippen LogP contribution in [-0.2, 0) is 0 Å².